The summed E-state index contributed by atoms with van der Waals surface area (Å²) in [6.07, 6.45) is 1.61. The lowest BCUT2D eigenvalue weighted by Gasteiger charge is -2.28. The first-order chi connectivity index (χ1) is 13.8. The molecule has 0 saturated carbocycles. The molecule has 1 heterocycles. The van der Waals surface area contributed by atoms with Crippen LogP contribution in [0.5, 0.6) is 0 Å². The first kappa shape index (κ1) is 20.9. The SMILES string of the molecule is CCSNc1ccc(Nc2ccc(F)cc2F)c(C2=CN(C)C(=O)C(C)C2=N)c1. The van der Waals surface area contributed by atoms with Crippen molar-refractivity contribution < 1.29 is 13.6 Å². The molecule has 3 rings (SSSR count). The quantitative estimate of drug-likeness (QED) is 0.562. The van der Waals surface area contributed by atoms with Crippen molar-refractivity contribution in [1.82, 2.24) is 4.90 Å². The van der Waals surface area contributed by atoms with Crippen molar-refractivity contribution in [3.8, 4) is 0 Å². The van der Waals surface area contributed by atoms with Crippen LogP contribution in [-0.4, -0.2) is 29.3 Å². The number of nitrogens with one attached hydrogen (secondary N) is 3. The third-order valence-electron chi connectivity index (χ3n) is 4.61. The summed E-state index contributed by atoms with van der Waals surface area (Å²) in [4.78, 5) is 13.7. The summed E-state index contributed by atoms with van der Waals surface area (Å²) in [7, 11) is 1.65. The predicted octanol–water partition coefficient (Wildman–Crippen LogP) is 5.26. The molecule has 0 aromatic heterocycles. The van der Waals surface area contributed by atoms with Gasteiger partial charge in [0.25, 0.3) is 0 Å². The van der Waals surface area contributed by atoms with E-state index >= 15 is 0 Å². The lowest BCUT2D eigenvalue weighted by atomic mass is 9.89. The van der Waals surface area contributed by atoms with Crippen LogP contribution in [0, 0.1) is 23.0 Å². The minimum Gasteiger partial charge on any atom is -0.353 e. The summed E-state index contributed by atoms with van der Waals surface area (Å²) in [5, 5.41) is 11.5. The Morgan fingerprint density at radius 2 is 1.90 bits per heavy atom. The fourth-order valence-electron chi connectivity index (χ4n) is 3.03. The lowest BCUT2D eigenvalue weighted by Crippen LogP contribution is -2.37. The van der Waals surface area contributed by atoms with Gasteiger partial charge in [-0.25, -0.2) is 8.78 Å². The number of hydrogen-bond acceptors (Lipinski definition) is 5. The number of carbonyl (C=O) groups excluding carboxylic acids is 1. The van der Waals surface area contributed by atoms with Gasteiger partial charge in [0.05, 0.1) is 17.3 Å². The highest BCUT2D eigenvalue weighted by molar-refractivity contribution is 8.00. The number of amides is 1. The van der Waals surface area contributed by atoms with Gasteiger partial charge in [0.2, 0.25) is 5.91 Å². The Labute approximate surface area is 172 Å². The molecule has 2 aromatic carbocycles. The van der Waals surface area contributed by atoms with E-state index in [2.05, 4.69) is 10.0 Å². The zero-order valence-electron chi connectivity index (χ0n) is 16.3. The number of allylic oxidation sites excluding steroid dienone is 1. The van der Waals surface area contributed by atoms with Crippen molar-refractivity contribution in [1.29, 1.82) is 5.41 Å². The summed E-state index contributed by atoms with van der Waals surface area (Å²) < 4.78 is 30.6. The van der Waals surface area contributed by atoms with Gasteiger partial charge >= 0.3 is 0 Å². The van der Waals surface area contributed by atoms with E-state index in [1.807, 2.05) is 19.1 Å². The lowest BCUT2D eigenvalue weighted by molar-refractivity contribution is -0.129. The Morgan fingerprint density at radius 1 is 1.17 bits per heavy atom. The molecule has 152 valence electrons. The van der Waals surface area contributed by atoms with Gasteiger partial charge in [-0.05, 0) is 37.3 Å². The van der Waals surface area contributed by atoms with E-state index in [1.54, 1.807) is 26.2 Å². The molecule has 0 fully saturated rings. The number of hydrogen-bond donors (Lipinski definition) is 3. The predicted molar refractivity (Wildman–Crippen MR) is 115 cm³/mol. The molecule has 1 aliphatic heterocycles. The molecule has 5 nitrogen and oxygen atoms in total. The largest absolute Gasteiger partial charge is 0.353 e. The van der Waals surface area contributed by atoms with Gasteiger partial charge in [-0.15, -0.1) is 0 Å². The number of rotatable bonds is 6. The van der Waals surface area contributed by atoms with Crippen molar-refractivity contribution in [2.75, 3.05) is 22.8 Å². The van der Waals surface area contributed by atoms with Gasteiger partial charge < -0.3 is 20.3 Å². The van der Waals surface area contributed by atoms with Crippen LogP contribution in [0.4, 0.5) is 25.8 Å². The second-order valence-corrected chi connectivity index (χ2v) is 7.74. The molecule has 1 unspecified atom stereocenters. The topological polar surface area (TPSA) is 68.2 Å². The molecule has 0 saturated heterocycles. The van der Waals surface area contributed by atoms with Gasteiger partial charge in [0, 0.05) is 47.6 Å². The second-order valence-electron chi connectivity index (χ2n) is 6.67. The molecule has 1 amide bonds. The number of carbonyl (C=O) groups is 1. The van der Waals surface area contributed by atoms with Crippen LogP contribution >= 0.6 is 11.9 Å². The standard InChI is InChI=1S/C21H22F2N4OS/c1-4-29-26-14-6-8-18(25-19-7-5-13(22)9-17(19)23)15(10-14)16-11-27(3)21(28)12(2)20(16)24/h5-12,24-26H,4H2,1-3H3. The van der Waals surface area contributed by atoms with Crippen LogP contribution in [0.25, 0.3) is 5.57 Å². The third kappa shape index (κ3) is 4.42. The highest BCUT2D eigenvalue weighted by atomic mass is 32.2. The minimum atomic E-state index is -0.715. The first-order valence-corrected chi connectivity index (χ1v) is 10.1. The molecular weight excluding hydrogens is 394 g/mol. The monoisotopic (exact) mass is 416 g/mol. The van der Waals surface area contributed by atoms with Gasteiger partial charge in [-0.3, -0.25) is 4.79 Å². The van der Waals surface area contributed by atoms with Gasteiger partial charge in [0.15, 0.2) is 0 Å². The smallest absolute Gasteiger partial charge is 0.235 e. The van der Waals surface area contributed by atoms with Crippen molar-refractivity contribution in [2.45, 2.75) is 13.8 Å². The van der Waals surface area contributed by atoms with E-state index in [4.69, 9.17) is 5.41 Å². The maximum Gasteiger partial charge on any atom is 0.235 e. The van der Waals surface area contributed by atoms with Gasteiger partial charge in [-0.2, -0.15) is 0 Å². The van der Waals surface area contributed by atoms with E-state index in [-0.39, 0.29) is 17.3 Å². The van der Waals surface area contributed by atoms with E-state index in [1.165, 1.54) is 29.0 Å². The third-order valence-corrected chi connectivity index (χ3v) is 5.28. The molecule has 29 heavy (non-hydrogen) atoms. The van der Waals surface area contributed by atoms with E-state index in [0.717, 1.165) is 17.5 Å². The van der Waals surface area contributed by atoms with Crippen molar-refractivity contribution in [3.63, 3.8) is 0 Å². The normalized spacial score (nSPS) is 16.7. The first-order valence-electron chi connectivity index (χ1n) is 9.13. The Morgan fingerprint density at radius 3 is 2.59 bits per heavy atom. The summed E-state index contributed by atoms with van der Waals surface area (Å²) in [6.45, 7) is 3.71. The molecule has 0 spiro atoms. The molecule has 0 bridgehead atoms. The average molecular weight is 416 g/mol. The van der Waals surface area contributed by atoms with Crippen molar-refractivity contribution in [2.24, 2.45) is 5.92 Å². The maximum atomic E-state index is 14.2. The summed E-state index contributed by atoms with van der Waals surface area (Å²) in [5.74, 6) is -1.25. The number of nitrogens with zero attached hydrogens (tertiary/aromatic N) is 1. The summed E-state index contributed by atoms with van der Waals surface area (Å²) >= 11 is 1.52. The zero-order valence-corrected chi connectivity index (χ0v) is 17.2. The van der Waals surface area contributed by atoms with Crippen LogP contribution in [0.1, 0.15) is 19.4 Å². The fraction of sp³-hybridized carbons (Fsp3) is 0.238. The van der Waals surface area contributed by atoms with Gasteiger partial charge in [0.1, 0.15) is 11.6 Å². The highest BCUT2D eigenvalue weighted by Gasteiger charge is 2.30. The Hall–Kier alpha value is -2.87. The Kier molecular flexibility index (Phi) is 6.22. The molecule has 0 aliphatic carbocycles. The average Bonchev–Trinajstić information content (AvgIpc) is 2.70. The molecule has 1 aliphatic rings. The Bertz CT molecular complexity index is 993. The molecule has 3 N–H and O–H groups in total. The zero-order chi connectivity index (χ0) is 21.1. The summed E-state index contributed by atoms with van der Waals surface area (Å²) in [6, 6.07) is 8.77. The molecule has 8 heteroatoms. The number of benzene rings is 2. The van der Waals surface area contributed by atoms with Crippen LogP contribution < -0.4 is 10.0 Å². The van der Waals surface area contributed by atoms with Crippen molar-refractivity contribution >= 4 is 46.2 Å². The maximum absolute atomic E-state index is 14.2. The van der Waals surface area contributed by atoms with Crippen LogP contribution in [0.15, 0.2) is 42.6 Å². The van der Waals surface area contributed by atoms with Crippen LogP contribution in [0.2, 0.25) is 0 Å². The van der Waals surface area contributed by atoms with Gasteiger partial charge in [-0.1, -0.05) is 18.9 Å². The number of anilines is 3. The Balaban J connectivity index is 2.08. The van der Waals surface area contributed by atoms with Crippen LogP contribution in [0.3, 0.4) is 0 Å². The van der Waals surface area contributed by atoms with E-state index in [9.17, 15) is 13.6 Å². The minimum absolute atomic E-state index is 0.122. The summed E-state index contributed by atoms with van der Waals surface area (Å²) in [5.41, 5.74) is 2.89. The molecule has 1 atom stereocenters. The van der Waals surface area contributed by atoms with E-state index in [0.29, 0.717) is 16.8 Å². The molecule has 2 aromatic rings. The van der Waals surface area contributed by atoms with Crippen LogP contribution in [-0.2, 0) is 4.79 Å². The molecule has 0 radical (unpaired) electrons. The van der Waals surface area contributed by atoms with E-state index < -0.39 is 17.6 Å². The fourth-order valence-corrected chi connectivity index (χ4v) is 3.47. The highest BCUT2D eigenvalue weighted by Crippen LogP contribution is 2.35. The number of halogens is 2. The second kappa shape index (κ2) is 8.65. The molecular formula is C21H22F2N4OS. The van der Waals surface area contributed by atoms with Crippen molar-refractivity contribution in [3.05, 3.63) is 59.8 Å².